The predicted molar refractivity (Wildman–Crippen MR) is 108 cm³/mol. The van der Waals surface area contributed by atoms with Crippen LogP contribution in [0.25, 0.3) is 0 Å². The number of nitrogens with one attached hydrogen (secondary N) is 1. The smallest absolute Gasteiger partial charge is 0.381 e. The minimum atomic E-state index is -2.70. The summed E-state index contributed by atoms with van der Waals surface area (Å²) < 4.78 is 15.8. The molecule has 0 aliphatic rings. The van der Waals surface area contributed by atoms with Gasteiger partial charge in [-0.2, -0.15) is 0 Å². The number of carbonyl (C=O) groups excluding carboxylic acids is 1. The standard InChI is InChI=1S/C15H24ClN2O3PS2/c1-4-12-24-22(20-5-2,17-11-10-16)21-15(19)18-13-6-8-14(23-3)9-7-13/h6-9H,4-5,10-12H2,1-3H3,(H,18,19). The molecule has 1 aromatic carbocycles. The van der Waals surface area contributed by atoms with Crippen molar-refractivity contribution in [3.8, 4) is 0 Å². The molecule has 0 aromatic heterocycles. The first-order valence-electron chi connectivity index (χ1n) is 7.66. The monoisotopic (exact) mass is 410 g/mol. The van der Waals surface area contributed by atoms with Gasteiger partial charge in [-0.3, -0.25) is 5.32 Å². The Hall–Kier alpha value is -0.330. The molecule has 0 fully saturated rings. The molecule has 136 valence electrons. The fourth-order valence-corrected chi connectivity index (χ4v) is 6.63. The number of thioether (sulfide) groups is 1. The van der Waals surface area contributed by atoms with Gasteiger partial charge in [-0.1, -0.05) is 6.92 Å². The lowest BCUT2D eigenvalue weighted by Gasteiger charge is -2.22. The summed E-state index contributed by atoms with van der Waals surface area (Å²) >= 11 is 8.84. The summed E-state index contributed by atoms with van der Waals surface area (Å²) in [6.45, 7) is 2.04. The maximum atomic E-state index is 12.3. The van der Waals surface area contributed by atoms with Gasteiger partial charge in [0.2, 0.25) is 0 Å². The highest BCUT2D eigenvalue weighted by Gasteiger charge is 2.26. The molecule has 0 bridgehead atoms. The van der Waals surface area contributed by atoms with E-state index in [1.54, 1.807) is 11.8 Å². The molecule has 0 heterocycles. The van der Waals surface area contributed by atoms with Gasteiger partial charge in [-0.15, -0.1) is 23.4 Å². The summed E-state index contributed by atoms with van der Waals surface area (Å²) in [5.41, 5.74) is 0.672. The van der Waals surface area contributed by atoms with E-state index in [4.69, 9.17) is 20.6 Å². The Balaban J connectivity index is 2.83. The zero-order valence-corrected chi connectivity index (χ0v) is 17.4. The number of benzene rings is 1. The quantitative estimate of drug-likeness (QED) is 0.278. The Morgan fingerprint density at radius 3 is 2.58 bits per heavy atom. The van der Waals surface area contributed by atoms with Gasteiger partial charge in [0, 0.05) is 22.2 Å². The number of carbonyl (C=O) groups is 1. The molecular formula is C15H24ClN2O3PS2. The summed E-state index contributed by atoms with van der Waals surface area (Å²) in [7, 11) is 0. The van der Waals surface area contributed by atoms with E-state index in [1.807, 2.05) is 37.4 Å². The van der Waals surface area contributed by atoms with E-state index in [9.17, 15) is 4.79 Å². The second-order valence-electron chi connectivity index (χ2n) is 4.51. The molecule has 5 nitrogen and oxygen atoms in total. The Morgan fingerprint density at radius 2 is 2.04 bits per heavy atom. The first-order valence-corrected chi connectivity index (χ1v) is 12.6. The zero-order chi connectivity index (χ0) is 17.8. The van der Waals surface area contributed by atoms with Gasteiger partial charge in [0.1, 0.15) is 0 Å². The van der Waals surface area contributed by atoms with E-state index in [-0.39, 0.29) is 0 Å². The lowest BCUT2D eigenvalue weighted by Crippen LogP contribution is -2.13. The van der Waals surface area contributed by atoms with Crippen LogP contribution in [0.3, 0.4) is 0 Å². The topological polar surface area (TPSA) is 59.9 Å². The number of halogens is 1. The molecule has 0 saturated carbocycles. The first kappa shape index (κ1) is 21.7. The second kappa shape index (κ2) is 12.1. The third kappa shape index (κ3) is 7.70. The van der Waals surface area contributed by atoms with Gasteiger partial charge in [0.15, 0.2) is 0 Å². The van der Waals surface area contributed by atoms with E-state index in [0.717, 1.165) is 17.1 Å². The number of anilines is 1. The summed E-state index contributed by atoms with van der Waals surface area (Å²) in [6, 6.07) is 7.55. The van der Waals surface area contributed by atoms with Gasteiger partial charge >= 0.3 is 12.8 Å². The van der Waals surface area contributed by atoms with Crippen LogP contribution in [-0.2, 0) is 9.05 Å². The summed E-state index contributed by atoms with van der Waals surface area (Å²) in [5, 5.41) is 2.73. The van der Waals surface area contributed by atoms with Crippen molar-refractivity contribution in [2.75, 3.05) is 36.4 Å². The Bertz CT molecular complexity index is 558. The minimum Gasteiger partial charge on any atom is -0.381 e. The minimum absolute atomic E-state index is 0.364. The number of hydrogen-bond donors (Lipinski definition) is 1. The Morgan fingerprint density at radius 1 is 1.33 bits per heavy atom. The van der Waals surface area contributed by atoms with Crippen LogP contribution in [0.2, 0.25) is 0 Å². The van der Waals surface area contributed by atoms with Crippen LogP contribution in [0, 0.1) is 0 Å². The zero-order valence-electron chi connectivity index (χ0n) is 14.2. The maximum absolute atomic E-state index is 12.3. The number of nitrogens with zero attached hydrogens (tertiary/aromatic N) is 1. The molecule has 24 heavy (non-hydrogen) atoms. The molecule has 1 unspecified atom stereocenters. The van der Waals surface area contributed by atoms with Crippen LogP contribution >= 0.6 is 41.5 Å². The van der Waals surface area contributed by atoms with Crippen molar-refractivity contribution in [2.24, 2.45) is 4.74 Å². The van der Waals surface area contributed by atoms with Crippen LogP contribution in [0.4, 0.5) is 10.5 Å². The van der Waals surface area contributed by atoms with Crippen molar-refractivity contribution in [2.45, 2.75) is 25.2 Å². The van der Waals surface area contributed by atoms with Gasteiger partial charge < -0.3 is 9.05 Å². The van der Waals surface area contributed by atoms with Gasteiger partial charge in [-0.25, -0.2) is 9.54 Å². The predicted octanol–water partition coefficient (Wildman–Crippen LogP) is 6.32. The Kier molecular flexibility index (Phi) is 10.9. The number of rotatable bonds is 10. The molecule has 1 atom stereocenters. The molecular weight excluding hydrogens is 387 g/mol. The molecule has 1 aromatic rings. The van der Waals surface area contributed by atoms with Gasteiger partial charge in [-0.05, 0) is 55.2 Å². The average Bonchev–Trinajstić information content (AvgIpc) is 2.59. The van der Waals surface area contributed by atoms with Crippen molar-refractivity contribution < 1.29 is 13.8 Å². The third-order valence-corrected chi connectivity index (χ3v) is 8.41. The normalized spacial score (nSPS) is 13.2. The average molecular weight is 411 g/mol. The largest absolute Gasteiger partial charge is 0.417 e. The van der Waals surface area contributed by atoms with Gasteiger partial charge in [0.25, 0.3) is 0 Å². The molecule has 0 spiro atoms. The SMILES string of the molecule is CCCSP(=NCCCl)(OCC)OC(=O)Nc1ccc(SC)cc1. The fourth-order valence-electron chi connectivity index (χ4n) is 1.65. The lowest BCUT2D eigenvalue weighted by molar-refractivity contribution is 0.209. The number of hydrogen-bond acceptors (Lipinski definition) is 6. The molecule has 0 aliphatic carbocycles. The molecule has 0 saturated heterocycles. The highest BCUT2D eigenvalue weighted by Crippen LogP contribution is 2.64. The molecule has 1 rings (SSSR count). The van der Waals surface area contributed by atoms with E-state index in [1.165, 1.54) is 11.4 Å². The molecule has 1 amide bonds. The highest BCUT2D eigenvalue weighted by molar-refractivity contribution is 8.55. The lowest BCUT2D eigenvalue weighted by atomic mass is 10.3. The van der Waals surface area contributed by atoms with Crippen molar-refractivity contribution in [1.29, 1.82) is 0 Å². The van der Waals surface area contributed by atoms with Gasteiger partial charge in [0.05, 0.1) is 13.2 Å². The molecule has 9 heteroatoms. The maximum Gasteiger partial charge on any atom is 0.417 e. The molecule has 1 N–H and O–H groups in total. The summed E-state index contributed by atoms with van der Waals surface area (Å²) in [4.78, 5) is 13.4. The number of alkyl halides is 1. The van der Waals surface area contributed by atoms with E-state index in [0.29, 0.717) is 24.7 Å². The molecule has 0 radical (unpaired) electrons. The van der Waals surface area contributed by atoms with Crippen LogP contribution < -0.4 is 5.32 Å². The summed E-state index contributed by atoms with van der Waals surface area (Å²) in [6.07, 6.45) is 2.38. The van der Waals surface area contributed by atoms with Crippen LogP contribution in [0.5, 0.6) is 0 Å². The summed E-state index contributed by atoms with van der Waals surface area (Å²) in [5.74, 6) is 1.16. The van der Waals surface area contributed by atoms with Crippen molar-refractivity contribution in [3.05, 3.63) is 24.3 Å². The third-order valence-electron chi connectivity index (χ3n) is 2.64. The first-order chi connectivity index (χ1) is 11.6. The van der Waals surface area contributed by atoms with Crippen LogP contribution in [0.15, 0.2) is 33.9 Å². The second-order valence-corrected chi connectivity index (χ2v) is 10.2. The van der Waals surface area contributed by atoms with E-state index >= 15 is 0 Å². The van der Waals surface area contributed by atoms with Crippen LogP contribution in [-0.4, -0.2) is 37.1 Å². The number of amides is 1. The fraction of sp³-hybridized carbons (Fsp3) is 0.533. The van der Waals surface area contributed by atoms with Crippen LogP contribution in [0.1, 0.15) is 20.3 Å². The highest BCUT2D eigenvalue weighted by atomic mass is 35.5. The van der Waals surface area contributed by atoms with Crippen molar-refractivity contribution in [1.82, 2.24) is 0 Å². The Labute approximate surface area is 157 Å². The van der Waals surface area contributed by atoms with E-state index < -0.39 is 12.8 Å². The van der Waals surface area contributed by atoms with Crippen molar-refractivity contribution >= 4 is 53.2 Å². The van der Waals surface area contributed by atoms with Crippen molar-refractivity contribution in [3.63, 3.8) is 0 Å². The molecule has 0 aliphatic heterocycles. The van der Waals surface area contributed by atoms with E-state index in [2.05, 4.69) is 17.0 Å².